The van der Waals surface area contributed by atoms with Crippen LogP contribution in [0.1, 0.15) is 44.5 Å². The van der Waals surface area contributed by atoms with Gasteiger partial charge in [-0.3, -0.25) is 4.68 Å². The van der Waals surface area contributed by atoms with Crippen molar-refractivity contribution in [2.75, 3.05) is 12.3 Å². The van der Waals surface area contributed by atoms with E-state index in [1.807, 2.05) is 0 Å². The molecular weight excluding hydrogens is 254 g/mol. The van der Waals surface area contributed by atoms with Crippen LogP contribution in [0.3, 0.4) is 0 Å². The monoisotopic (exact) mass is 281 g/mol. The van der Waals surface area contributed by atoms with E-state index in [0.29, 0.717) is 6.04 Å². The number of aromatic nitrogens is 2. The van der Waals surface area contributed by atoms with E-state index in [9.17, 15) is 0 Å². The first-order valence-electron chi connectivity index (χ1n) is 7.61. The molecule has 2 rings (SSSR count). The standard InChI is InChI=1S/C15H27N3S/c1-4-12-10-13(18(3)17-12)11-14(16-5-2)15-8-6-7-9-19-15/h10,14-16H,4-9,11H2,1-3H3. The summed E-state index contributed by atoms with van der Waals surface area (Å²) in [6.45, 7) is 5.44. The van der Waals surface area contributed by atoms with E-state index in [1.54, 1.807) is 0 Å². The Labute approximate surface area is 121 Å². The molecule has 2 atom stereocenters. The summed E-state index contributed by atoms with van der Waals surface area (Å²) in [5.41, 5.74) is 2.58. The average molecular weight is 281 g/mol. The average Bonchev–Trinajstić information content (AvgIpc) is 2.80. The summed E-state index contributed by atoms with van der Waals surface area (Å²) in [4.78, 5) is 0. The van der Waals surface area contributed by atoms with E-state index in [-0.39, 0.29) is 0 Å². The van der Waals surface area contributed by atoms with Crippen LogP contribution >= 0.6 is 11.8 Å². The fourth-order valence-electron chi connectivity index (χ4n) is 2.84. The Hall–Kier alpha value is -0.480. The van der Waals surface area contributed by atoms with Crippen LogP contribution in [-0.2, 0) is 19.9 Å². The molecule has 3 nitrogen and oxygen atoms in total. The van der Waals surface area contributed by atoms with Crippen LogP contribution in [0.5, 0.6) is 0 Å². The van der Waals surface area contributed by atoms with Gasteiger partial charge in [0, 0.05) is 30.5 Å². The largest absolute Gasteiger partial charge is 0.313 e. The van der Waals surface area contributed by atoms with E-state index < -0.39 is 0 Å². The SMILES string of the molecule is CCNC(Cc1cc(CC)nn1C)C1CCCCS1. The molecule has 1 fully saturated rings. The molecule has 2 heterocycles. The van der Waals surface area contributed by atoms with Crippen molar-refractivity contribution >= 4 is 11.8 Å². The number of rotatable bonds is 6. The van der Waals surface area contributed by atoms with Crippen LogP contribution in [-0.4, -0.2) is 33.4 Å². The van der Waals surface area contributed by atoms with Crippen molar-refractivity contribution in [1.82, 2.24) is 15.1 Å². The van der Waals surface area contributed by atoms with Gasteiger partial charge in [0.25, 0.3) is 0 Å². The molecule has 1 aromatic heterocycles. The third-order valence-corrected chi connectivity index (χ3v) is 5.47. The van der Waals surface area contributed by atoms with Crippen molar-refractivity contribution in [3.63, 3.8) is 0 Å². The van der Waals surface area contributed by atoms with Crippen LogP contribution in [0, 0.1) is 0 Å². The number of hydrogen-bond donors (Lipinski definition) is 1. The van der Waals surface area contributed by atoms with Gasteiger partial charge in [0.15, 0.2) is 0 Å². The topological polar surface area (TPSA) is 29.9 Å². The Kier molecular flexibility index (Phi) is 5.76. The molecule has 0 spiro atoms. The first kappa shape index (κ1) is 14.9. The molecule has 0 aliphatic carbocycles. The second-order valence-corrected chi connectivity index (χ2v) is 6.72. The normalized spacial score (nSPS) is 21.5. The molecule has 2 unspecified atom stereocenters. The minimum atomic E-state index is 0.593. The number of nitrogens with zero attached hydrogens (tertiary/aromatic N) is 2. The van der Waals surface area contributed by atoms with Gasteiger partial charge in [0.05, 0.1) is 5.69 Å². The molecule has 0 saturated carbocycles. The van der Waals surface area contributed by atoms with Crippen LogP contribution < -0.4 is 5.32 Å². The lowest BCUT2D eigenvalue weighted by Crippen LogP contribution is -2.41. The van der Waals surface area contributed by atoms with Crippen molar-refractivity contribution in [2.24, 2.45) is 7.05 Å². The van der Waals surface area contributed by atoms with Gasteiger partial charge in [-0.2, -0.15) is 16.9 Å². The van der Waals surface area contributed by atoms with Gasteiger partial charge >= 0.3 is 0 Å². The minimum Gasteiger partial charge on any atom is -0.313 e. The zero-order valence-corrected chi connectivity index (χ0v) is 13.3. The molecule has 108 valence electrons. The van der Waals surface area contributed by atoms with Crippen molar-refractivity contribution in [3.05, 3.63) is 17.5 Å². The van der Waals surface area contributed by atoms with Gasteiger partial charge in [-0.15, -0.1) is 0 Å². The lowest BCUT2D eigenvalue weighted by atomic mass is 10.0. The van der Waals surface area contributed by atoms with E-state index in [1.165, 1.54) is 36.4 Å². The number of hydrogen-bond acceptors (Lipinski definition) is 3. The maximum Gasteiger partial charge on any atom is 0.0624 e. The predicted molar refractivity (Wildman–Crippen MR) is 83.9 cm³/mol. The number of aryl methyl sites for hydroxylation is 2. The van der Waals surface area contributed by atoms with Crippen molar-refractivity contribution in [1.29, 1.82) is 0 Å². The summed E-state index contributed by atoms with van der Waals surface area (Å²) in [5.74, 6) is 1.33. The van der Waals surface area contributed by atoms with E-state index in [0.717, 1.165) is 24.6 Å². The van der Waals surface area contributed by atoms with Gasteiger partial charge in [-0.05, 0) is 37.6 Å². The van der Waals surface area contributed by atoms with Crippen molar-refractivity contribution in [2.45, 2.75) is 57.2 Å². The zero-order chi connectivity index (χ0) is 13.7. The fraction of sp³-hybridized carbons (Fsp3) is 0.800. The van der Waals surface area contributed by atoms with Crippen LogP contribution in [0.15, 0.2) is 6.07 Å². The second kappa shape index (κ2) is 7.34. The highest BCUT2D eigenvalue weighted by Gasteiger charge is 2.24. The van der Waals surface area contributed by atoms with Crippen molar-refractivity contribution < 1.29 is 0 Å². The smallest absolute Gasteiger partial charge is 0.0624 e. The Morgan fingerprint density at radius 1 is 1.47 bits per heavy atom. The van der Waals surface area contributed by atoms with Gasteiger partial charge in [-0.1, -0.05) is 20.3 Å². The minimum absolute atomic E-state index is 0.593. The Morgan fingerprint density at radius 3 is 2.89 bits per heavy atom. The van der Waals surface area contributed by atoms with Crippen molar-refractivity contribution in [3.8, 4) is 0 Å². The molecule has 1 saturated heterocycles. The van der Waals surface area contributed by atoms with E-state index >= 15 is 0 Å². The molecule has 1 N–H and O–H groups in total. The predicted octanol–water partition coefficient (Wildman–Crippen LogP) is 2.79. The molecule has 19 heavy (non-hydrogen) atoms. The zero-order valence-electron chi connectivity index (χ0n) is 12.5. The van der Waals surface area contributed by atoms with Crippen LogP contribution in [0.25, 0.3) is 0 Å². The Morgan fingerprint density at radius 2 is 2.32 bits per heavy atom. The Balaban J connectivity index is 2.04. The highest BCUT2D eigenvalue weighted by Crippen LogP contribution is 2.29. The first-order valence-corrected chi connectivity index (χ1v) is 8.66. The van der Waals surface area contributed by atoms with E-state index in [4.69, 9.17) is 0 Å². The Bertz CT molecular complexity index is 383. The molecule has 1 aromatic rings. The van der Waals surface area contributed by atoms with Crippen LogP contribution in [0.4, 0.5) is 0 Å². The molecule has 1 aliphatic rings. The highest BCUT2D eigenvalue weighted by molar-refractivity contribution is 8.00. The van der Waals surface area contributed by atoms with Gasteiger partial charge < -0.3 is 5.32 Å². The first-order chi connectivity index (χ1) is 9.24. The number of likely N-dealkylation sites (N-methyl/N-ethyl adjacent to an activating group) is 1. The number of thioether (sulfide) groups is 1. The quantitative estimate of drug-likeness (QED) is 0.869. The third-order valence-electron chi connectivity index (χ3n) is 3.95. The molecule has 1 aliphatic heterocycles. The fourth-order valence-corrected chi connectivity index (χ4v) is 4.27. The molecular formula is C15H27N3S. The molecule has 4 heteroatoms. The van der Waals surface area contributed by atoms with Gasteiger partial charge in [-0.25, -0.2) is 0 Å². The van der Waals surface area contributed by atoms with Gasteiger partial charge in [0.2, 0.25) is 0 Å². The second-order valence-electron chi connectivity index (χ2n) is 5.38. The van der Waals surface area contributed by atoms with Crippen LogP contribution in [0.2, 0.25) is 0 Å². The molecule has 0 amide bonds. The highest BCUT2D eigenvalue weighted by atomic mass is 32.2. The summed E-state index contributed by atoms with van der Waals surface area (Å²) in [5, 5.41) is 9.03. The third kappa shape index (κ3) is 3.99. The molecule has 0 radical (unpaired) electrons. The summed E-state index contributed by atoms with van der Waals surface area (Å²) in [6, 6.07) is 2.87. The summed E-state index contributed by atoms with van der Waals surface area (Å²) >= 11 is 2.16. The maximum absolute atomic E-state index is 4.57. The van der Waals surface area contributed by atoms with E-state index in [2.05, 4.69) is 53.8 Å². The van der Waals surface area contributed by atoms with Gasteiger partial charge in [0.1, 0.15) is 0 Å². The molecule has 0 aromatic carbocycles. The lowest BCUT2D eigenvalue weighted by molar-refractivity contribution is 0.461. The summed E-state index contributed by atoms with van der Waals surface area (Å²) in [7, 11) is 2.07. The lowest BCUT2D eigenvalue weighted by Gasteiger charge is -2.30. The maximum atomic E-state index is 4.57. The summed E-state index contributed by atoms with van der Waals surface area (Å²) in [6.07, 6.45) is 6.28. The molecule has 0 bridgehead atoms. The number of nitrogens with one attached hydrogen (secondary N) is 1. The summed E-state index contributed by atoms with van der Waals surface area (Å²) < 4.78 is 2.07.